The van der Waals surface area contributed by atoms with Gasteiger partial charge in [-0.05, 0) is 42.7 Å². The van der Waals surface area contributed by atoms with E-state index in [1.807, 2.05) is 0 Å². The predicted molar refractivity (Wildman–Crippen MR) is 88.6 cm³/mol. The van der Waals surface area contributed by atoms with Gasteiger partial charge in [-0.1, -0.05) is 20.8 Å². The number of carbonyl (C=O) groups excluding carboxylic acids is 1. The second-order valence-corrected chi connectivity index (χ2v) is 7.24. The van der Waals surface area contributed by atoms with E-state index in [-0.39, 0.29) is 17.1 Å². The molecule has 2 unspecified atom stereocenters. The monoisotopic (exact) mass is 320 g/mol. The van der Waals surface area contributed by atoms with Crippen molar-refractivity contribution in [1.29, 1.82) is 0 Å². The van der Waals surface area contributed by atoms with E-state index in [2.05, 4.69) is 26.1 Å². The molecule has 0 bridgehead atoms. The molecule has 6 heteroatoms. The van der Waals surface area contributed by atoms with Gasteiger partial charge in [-0.2, -0.15) is 0 Å². The molecule has 0 aliphatic heterocycles. The van der Waals surface area contributed by atoms with Crippen LogP contribution in [0.3, 0.4) is 0 Å². The van der Waals surface area contributed by atoms with Crippen molar-refractivity contribution in [3.8, 4) is 0 Å². The Morgan fingerprint density at radius 3 is 2.65 bits per heavy atom. The van der Waals surface area contributed by atoms with E-state index < -0.39 is 10.9 Å². The summed E-state index contributed by atoms with van der Waals surface area (Å²) < 4.78 is 4.70. The van der Waals surface area contributed by atoms with Crippen LogP contribution in [0.5, 0.6) is 0 Å². The molecule has 2 atom stereocenters. The molecule has 1 fully saturated rings. The van der Waals surface area contributed by atoms with Crippen LogP contribution in [0.4, 0.5) is 11.4 Å². The number of esters is 1. The van der Waals surface area contributed by atoms with E-state index in [4.69, 9.17) is 4.74 Å². The number of nitro groups is 1. The number of benzene rings is 1. The molecule has 0 radical (unpaired) electrons. The minimum Gasteiger partial charge on any atom is -0.465 e. The van der Waals surface area contributed by atoms with Crippen molar-refractivity contribution in [3.05, 3.63) is 33.9 Å². The first-order valence-electron chi connectivity index (χ1n) is 7.85. The van der Waals surface area contributed by atoms with Crippen molar-refractivity contribution < 1.29 is 14.5 Å². The Kier molecular flexibility index (Phi) is 4.92. The van der Waals surface area contributed by atoms with Gasteiger partial charge < -0.3 is 10.1 Å². The lowest BCUT2D eigenvalue weighted by Gasteiger charge is -2.39. The molecule has 0 saturated heterocycles. The summed E-state index contributed by atoms with van der Waals surface area (Å²) in [4.78, 5) is 22.5. The number of nitrogens with one attached hydrogen (secondary N) is 1. The maximum absolute atomic E-state index is 11.7. The van der Waals surface area contributed by atoms with Gasteiger partial charge in [0.15, 0.2) is 0 Å². The van der Waals surface area contributed by atoms with Crippen molar-refractivity contribution >= 4 is 17.3 Å². The first-order valence-corrected chi connectivity index (χ1v) is 7.85. The van der Waals surface area contributed by atoms with Crippen LogP contribution in [0.15, 0.2) is 18.2 Å². The van der Waals surface area contributed by atoms with Gasteiger partial charge in [-0.15, -0.1) is 0 Å². The number of hydrogen-bond donors (Lipinski definition) is 1. The summed E-state index contributed by atoms with van der Waals surface area (Å²) >= 11 is 0. The SMILES string of the molecule is COC(=O)c1ccc([N+](=O)[O-])c(NC2CC(C)CC(C)(C)C2)c1. The van der Waals surface area contributed by atoms with Crippen LogP contribution < -0.4 is 5.32 Å². The second-order valence-electron chi connectivity index (χ2n) is 7.24. The van der Waals surface area contributed by atoms with Crippen LogP contribution in [0.2, 0.25) is 0 Å². The van der Waals surface area contributed by atoms with Gasteiger partial charge in [0.05, 0.1) is 17.6 Å². The zero-order valence-electron chi connectivity index (χ0n) is 14.1. The molecule has 23 heavy (non-hydrogen) atoms. The van der Waals surface area contributed by atoms with Crippen molar-refractivity contribution in [1.82, 2.24) is 0 Å². The van der Waals surface area contributed by atoms with Crippen molar-refractivity contribution in [3.63, 3.8) is 0 Å². The summed E-state index contributed by atoms with van der Waals surface area (Å²) in [6, 6.07) is 4.44. The van der Waals surface area contributed by atoms with Crippen LogP contribution in [-0.4, -0.2) is 24.0 Å². The number of methoxy groups -OCH3 is 1. The highest BCUT2D eigenvalue weighted by Crippen LogP contribution is 2.40. The molecule has 0 spiro atoms. The molecule has 0 heterocycles. The summed E-state index contributed by atoms with van der Waals surface area (Å²) in [5.74, 6) is 0.0550. The quantitative estimate of drug-likeness (QED) is 0.515. The van der Waals surface area contributed by atoms with E-state index in [0.29, 0.717) is 17.2 Å². The third-order valence-electron chi connectivity index (χ3n) is 4.36. The van der Waals surface area contributed by atoms with Crippen molar-refractivity contribution in [2.75, 3.05) is 12.4 Å². The minimum absolute atomic E-state index is 0.0197. The molecule has 1 N–H and O–H groups in total. The highest BCUT2D eigenvalue weighted by atomic mass is 16.6. The number of hydrogen-bond acceptors (Lipinski definition) is 5. The molecular formula is C17H24N2O4. The van der Waals surface area contributed by atoms with E-state index in [1.54, 1.807) is 0 Å². The molecular weight excluding hydrogens is 296 g/mol. The van der Waals surface area contributed by atoms with E-state index in [1.165, 1.54) is 25.3 Å². The second kappa shape index (κ2) is 6.56. The summed E-state index contributed by atoms with van der Waals surface area (Å²) in [6.45, 7) is 6.64. The Hall–Kier alpha value is -2.11. The van der Waals surface area contributed by atoms with Crippen LogP contribution >= 0.6 is 0 Å². The first-order chi connectivity index (χ1) is 10.7. The number of ether oxygens (including phenoxy) is 1. The van der Waals surface area contributed by atoms with Gasteiger partial charge in [0.25, 0.3) is 5.69 Å². The van der Waals surface area contributed by atoms with Crippen LogP contribution in [0.1, 0.15) is 50.4 Å². The lowest BCUT2D eigenvalue weighted by molar-refractivity contribution is -0.384. The van der Waals surface area contributed by atoms with Crippen molar-refractivity contribution in [2.24, 2.45) is 11.3 Å². The topological polar surface area (TPSA) is 81.5 Å². The Labute approximate surface area is 136 Å². The Morgan fingerprint density at radius 1 is 1.39 bits per heavy atom. The smallest absolute Gasteiger partial charge is 0.337 e. The lowest BCUT2D eigenvalue weighted by Crippen LogP contribution is -2.35. The van der Waals surface area contributed by atoms with Crippen LogP contribution in [0, 0.1) is 21.4 Å². The number of carbonyl (C=O) groups is 1. The fourth-order valence-corrected chi connectivity index (χ4v) is 3.73. The molecule has 6 nitrogen and oxygen atoms in total. The maximum atomic E-state index is 11.7. The molecule has 1 aromatic carbocycles. The molecule has 1 aromatic rings. The van der Waals surface area contributed by atoms with Gasteiger partial charge in [-0.3, -0.25) is 10.1 Å². The normalized spacial score (nSPS) is 23.1. The fourth-order valence-electron chi connectivity index (χ4n) is 3.73. The zero-order chi connectivity index (χ0) is 17.2. The Morgan fingerprint density at radius 2 is 2.09 bits per heavy atom. The molecule has 2 rings (SSSR count). The fraction of sp³-hybridized carbons (Fsp3) is 0.588. The summed E-state index contributed by atoms with van der Waals surface area (Å²) in [7, 11) is 1.29. The van der Waals surface area contributed by atoms with Gasteiger partial charge in [-0.25, -0.2) is 4.79 Å². The average Bonchev–Trinajstić information content (AvgIpc) is 2.43. The van der Waals surface area contributed by atoms with E-state index in [9.17, 15) is 14.9 Å². The third kappa shape index (κ3) is 4.21. The molecule has 1 aliphatic rings. The number of nitrogens with zero attached hydrogens (tertiary/aromatic N) is 1. The van der Waals surface area contributed by atoms with Crippen LogP contribution in [-0.2, 0) is 4.74 Å². The van der Waals surface area contributed by atoms with Gasteiger partial charge >= 0.3 is 5.97 Å². The van der Waals surface area contributed by atoms with Gasteiger partial charge in [0.2, 0.25) is 0 Å². The van der Waals surface area contributed by atoms with Gasteiger partial charge in [0.1, 0.15) is 5.69 Å². The molecule has 126 valence electrons. The molecule has 0 amide bonds. The third-order valence-corrected chi connectivity index (χ3v) is 4.36. The maximum Gasteiger partial charge on any atom is 0.337 e. The predicted octanol–water partition coefficient (Wildman–Crippen LogP) is 4.01. The lowest BCUT2D eigenvalue weighted by atomic mass is 9.70. The highest BCUT2D eigenvalue weighted by Gasteiger charge is 2.33. The standard InChI is InChI=1S/C17H24N2O4/c1-11-7-13(10-17(2,3)9-11)18-14-8-12(16(20)23-4)5-6-15(14)19(21)22/h5-6,8,11,13,18H,7,9-10H2,1-4H3. The largest absolute Gasteiger partial charge is 0.465 e. The van der Waals surface area contributed by atoms with E-state index >= 15 is 0 Å². The first kappa shape index (κ1) is 17.2. The van der Waals surface area contributed by atoms with E-state index in [0.717, 1.165) is 19.3 Å². The minimum atomic E-state index is -0.500. The van der Waals surface area contributed by atoms with Crippen LogP contribution in [0.25, 0.3) is 0 Å². The average molecular weight is 320 g/mol. The van der Waals surface area contributed by atoms with Gasteiger partial charge in [0, 0.05) is 12.1 Å². The zero-order valence-corrected chi connectivity index (χ0v) is 14.1. The molecule has 0 aromatic heterocycles. The highest BCUT2D eigenvalue weighted by molar-refractivity contribution is 5.91. The Bertz CT molecular complexity index is 613. The molecule has 1 aliphatic carbocycles. The van der Waals surface area contributed by atoms with Crippen molar-refractivity contribution in [2.45, 2.75) is 46.1 Å². The summed E-state index contributed by atoms with van der Waals surface area (Å²) in [5.41, 5.74) is 0.870. The molecule has 1 saturated carbocycles. The Balaban J connectivity index is 2.29. The summed E-state index contributed by atoms with van der Waals surface area (Å²) in [5, 5.41) is 14.5. The number of anilines is 1. The number of nitro benzene ring substituents is 1. The summed E-state index contributed by atoms with van der Waals surface area (Å²) in [6.07, 6.45) is 3.05. The number of rotatable bonds is 4.